The minimum absolute atomic E-state index is 0.131. The summed E-state index contributed by atoms with van der Waals surface area (Å²) in [6.45, 7) is 0.568. The Morgan fingerprint density at radius 1 is 0.897 bits per heavy atom. The van der Waals surface area contributed by atoms with Gasteiger partial charge in [-0.05, 0) is 73.2 Å². The van der Waals surface area contributed by atoms with Crippen LogP contribution in [0.3, 0.4) is 0 Å². The van der Waals surface area contributed by atoms with Crippen LogP contribution in [0.15, 0.2) is 83.9 Å². The van der Waals surface area contributed by atoms with Gasteiger partial charge in [0.2, 0.25) is 10.0 Å². The average Bonchev–Trinajstić information content (AvgIpc) is 3.39. The van der Waals surface area contributed by atoms with Crippen molar-refractivity contribution in [1.29, 1.82) is 0 Å². The molecule has 3 aromatic rings. The molecule has 1 unspecified atom stereocenters. The second-order valence-electron chi connectivity index (χ2n) is 7.91. The molecular weight excluding hydrogens is 384 g/mol. The molecule has 148 valence electrons. The van der Waals surface area contributed by atoms with E-state index in [0.717, 1.165) is 25.0 Å². The molecule has 2 fully saturated rings. The fourth-order valence-corrected chi connectivity index (χ4v) is 5.79. The summed E-state index contributed by atoms with van der Waals surface area (Å²) in [7, 11) is -3.62. The summed E-state index contributed by atoms with van der Waals surface area (Å²) in [5, 5.41) is 0. The number of hydrogen-bond acceptors (Lipinski definition) is 4. The maximum Gasteiger partial charge on any atom is 0.243 e. The zero-order valence-electron chi connectivity index (χ0n) is 15.9. The van der Waals surface area contributed by atoms with E-state index in [9.17, 15) is 8.42 Å². The van der Waals surface area contributed by atoms with Crippen molar-refractivity contribution < 1.29 is 13.2 Å². The molecule has 1 atom stereocenters. The van der Waals surface area contributed by atoms with E-state index in [4.69, 9.17) is 4.74 Å². The quantitative estimate of drug-likeness (QED) is 0.611. The molecule has 1 aliphatic heterocycles. The molecule has 5 nitrogen and oxygen atoms in total. The van der Waals surface area contributed by atoms with Gasteiger partial charge in [0, 0.05) is 12.7 Å². The largest absolute Gasteiger partial charge is 0.457 e. The SMILES string of the molecule is O=S(=O)(c1ccc(Oc2ccccc2)cc1)N1CC2(CC2)CC1c1ccccn1. The summed E-state index contributed by atoms with van der Waals surface area (Å²) in [6.07, 6.45) is 4.75. The Balaban J connectivity index is 1.42. The van der Waals surface area contributed by atoms with Crippen LogP contribution in [0.5, 0.6) is 11.5 Å². The lowest BCUT2D eigenvalue weighted by Crippen LogP contribution is -2.31. The molecule has 1 saturated carbocycles. The Labute approximate surface area is 171 Å². The highest BCUT2D eigenvalue weighted by Gasteiger charge is 2.55. The average molecular weight is 407 g/mol. The minimum atomic E-state index is -3.62. The van der Waals surface area contributed by atoms with Crippen LogP contribution in [0.4, 0.5) is 0 Å². The third-order valence-corrected chi connectivity index (χ3v) is 7.73. The summed E-state index contributed by atoms with van der Waals surface area (Å²) in [4.78, 5) is 4.73. The molecule has 0 bridgehead atoms. The highest BCUT2D eigenvalue weighted by atomic mass is 32.2. The Morgan fingerprint density at radius 2 is 1.59 bits per heavy atom. The summed E-state index contributed by atoms with van der Waals surface area (Å²) >= 11 is 0. The van der Waals surface area contributed by atoms with Crippen LogP contribution in [0.1, 0.15) is 31.0 Å². The van der Waals surface area contributed by atoms with Crippen molar-refractivity contribution in [3.8, 4) is 11.5 Å². The van der Waals surface area contributed by atoms with Crippen molar-refractivity contribution in [3.63, 3.8) is 0 Å². The highest BCUT2D eigenvalue weighted by molar-refractivity contribution is 7.89. The van der Waals surface area contributed by atoms with Gasteiger partial charge in [-0.2, -0.15) is 4.31 Å². The predicted molar refractivity (Wildman–Crippen MR) is 110 cm³/mol. The van der Waals surface area contributed by atoms with Crippen LogP contribution in [0.2, 0.25) is 0 Å². The number of para-hydroxylation sites is 1. The van der Waals surface area contributed by atoms with E-state index in [2.05, 4.69) is 4.98 Å². The van der Waals surface area contributed by atoms with Crippen molar-refractivity contribution in [3.05, 3.63) is 84.7 Å². The fourth-order valence-electron chi connectivity index (χ4n) is 4.07. The number of aromatic nitrogens is 1. The minimum Gasteiger partial charge on any atom is -0.457 e. The Morgan fingerprint density at radius 3 is 2.24 bits per heavy atom. The molecule has 2 heterocycles. The lowest BCUT2D eigenvalue weighted by molar-refractivity contribution is 0.387. The molecule has 1 aliphatic carbocycles. The van der Waals surface area contributed by atoms with Crippen molar-refractivity contribution in [2.75, 3.05) is 6.54 Å². The van der Waals surface area contributed by atoms with Gasteiger partial charge >= 0.3 is 0 Å². The van der Waals surface area contributed by atoms with Gasteiger partial charge in [0.25, 0.3) is 0 Å². The Bertz CT molecular complexity index is 1100. The molecule has 2 aromatic carbocycles. The molecule has 0 N–H and O–H groups in total. The highest BCUT2D eigenvalue weighted by Crippen LogP contribution is 2.59. The van der Waals surface area contributed by atoms with Crippen molar-refractivity contribution >= 4 is 10.0 Å². The molecule has 5 rings (SSSR count). The second kappa shape index (κ2) is 6.97. The summed E-state index contributed by atoms with van der Waals surface area (Å²) in [5.74, 6) is 1.32. The number of rotatable bonds is 5. The molecule has 29 heavy (non-hydrogen) atoms. The van der Waals surface area contributed by atoms with Crippen molar-refractivity contribution in [2.24, 2.45) is 5.41 Å². The van der Waals surface area contributed by atoms with Gasteiger partial charge in [0.05, 0.1) is 16.6 Å². The predicted octanol–water partition coefficient (Wildman–Crippen LogP) is 4.79. The van der Waals surface area contributed by atoms with E-state index in [1.54, 1.807) is 34.8 Å². The molecule has 1 spiro atoms. The van der Waals surface area contributed by atoms with E-state index < -0.39 is 10.0 Å². The number of benzene rings is 2. The molecular formula is C23H22N2O3S. The number of pyridine rings is 1. The van der Waals surface area contributed by atoms with Gasteiger partial charge in [-0.3, -0.25) is 4.98 Å². The lowest BCUT2D eigenvalue weighted by atomic mass is 10.0. The van der Waals surface area contributed by atoms with Crippen LogP contribution < -0.4 is 4.74 Å². The molecule has 1 aromatic heterocycles. The Kier molecular flexibility index (Phi) is 4.41. The number of ether oxygens (including phenoxy) is 1. The van der Waals surface area contributed by atoms with Crippen LogP contribution in [-0.4, -0.2) is 24.3 Å². The first-order valence-electron chi connectivity index (χ1n) is 9.82. The van der Waals surface area contributed by atoms with Crippen molar-refractivity contribution in [2.45, 2.75) is 30.2 Å². The standard InChI is InChI=1S/C23H22N2O3S/c26-29(27,20-11-9-19(10-12-20)28-18-6-2-1-3-7-18)25-17-23(13-14-23)16-22(25)21-8-4-5-15-24-21/h1-12,15,22H,13-14,16-17H2. The maximum absolute atomic E-state index is 13.5. The van der Waals surface area contributed by atoms with Crippen molar-refractivity contribution in [1.82, 2.24) is 9.29 Å². The van der Waals surface area contributed by atoms with Crippen LogP contribution >= 0.6 is 0 Å². The van der Waals surface area contributed by atoms with Gasteiger partial charge in [-0.1, -0.05) is 24.3 Å². The smallest absolute Gasteiger partial charge is 0.243 e. The number of nitrogens with zero attached hydrogens (tertiary/aromatic N) is 2. The third-order valence-electron chi connectivity index (χ3n) is 5.86. The molecule has 0 radical (unpaired) electrons. The Hall–Kier alpha value is -2.70. The maximum atomic E-state index is 13.5. The monoisotopic (exact) mass is 406 g/mol. The number of sulfonamides is 1. The number of hydrogen-bond donors (Lipinski definition) is 0. The van der Waals surface area contributed by atoms with E-state index in [1.165, 1.54) is 0 Å². The topological polar surface area (TPSA) is 59.5 Å². The zero-order chi connectivity index (χ0) is 19.9. The van der Waals surface area contributed by atoms with E-state index in [1.807, 2.05) is 48.5 Å². The third kappa shape index (κ3) is 3.54. The molecule has 1 saturated heterocycles. The lowest BCUT2D eigenvalue weighted by Gasteiger charge is -2.23. The molecule has 2 aliphatic rings. The van der Waals surface area contributed by atoms with E-state index >= 15 is 0 Å². The summed E-state index contributed by atoms with van der Waals surface area (Å²) in [5.41, 5.74) is 0.954. The van der Waals surface area contributed by atoms with Gasteiger partial charge in [-0.25, -0.2) is 8.42 Å². The second-order valence-corrected chi connectivity index (χ2v) is 9.80. The van der Waals surface area contributed by atoms with Crippen LogP contribution in [0.25, 0.3) is 0 Å². The van der Waals surface area contributed by atoms with Crippen LogP contribution in [-0.2, 0) is 10.0 Å². The zero-order valence-corrected chi connectivity index (χ0v) is 16.8. The molecule has 0 amide bonds. The van der Waals surface area contributed by atoms with Gasteiger partial charge in [0.1, 0.15) is 11.5 Å². The van der Waals surface area contributed by atoms with E-state index in [-0.39, 0.29) is 16.4 Å². The fraction of sp³-hybridized carbons (Fsp3) is 0.261. The normalized spacial score (nSPS) is 20.6. The van der Waals surface area contributed by atoms with Gasteiger partial charge in [0.15, 0.2) is 0 Å². The summed E-state index contributed by atoms with van der Waals surface area (Å²) < 4.78 is 34.4. The van der Waals surface area contributed by atoms with Crippen LogP contribution in [0, 0.1) is 5.41 Å². The first-order chi connectivity index (χ1) is 14.1. The van der Waals surface area contributed by atoms with E-state index in [0.29, 0.717) is 18.0 Å². The van der Waals surface area contributed by atoms with Gasteiger partial charge in [-0.15, -0.1) is 0 Å². The summed E-state index contributed by atoms with van der Waals surface area (Å²) in [6, 6.07) is 21.6. The molecule has 6 heteroatoms. The van der Waals surface area contributed by atoms with Gasteiger partial charge < -0.3 is 4.74 Å². The first-order valence-corrected chi connectivity index (χ1v) is 11.3. The first kappa shape index (κ1) is 18.3.